The molecule has 0 aliphatic heterocycles. The molecule has 0 aliphatic carbocycles. The van der Waals surface area contributed by atoms with E-state index in [-0.39, 0.29) is 18.2 Å². The number of carbonyl (C=O) groups excluding carboxylic acids is 1. The fourth-order valence-electron chi connectivity index (χ4n) is 1.24. The average molecular weight is 461 g/mol. The topological polar surface area (TPSA) is 66.5 Å². The van der Waals surface area contributed by atoms with Gasteiger partial charge in [0.15, 0.2) is 0 Å². The Labute approximate surface area is 135 Å². The molecule has 0 saturated carbocycles. The molecular formula is C11H14BrIN2O3S. The van der Waals surface area contributed by atoms with Crippen molar-refractivity contribution < 1.29 is 13.2 Å². The van der Waals surface area contributed by atoms with Gasteiger partial charge in [-0.2, -0.15) is 0 Å². The summed E-state index contributed by atoms with van der Waals surface area (Å²) in [6.07, 6.45) is 0. The maximum Gasteiger partial charge on any atom is 0.252 e. The molecule has 1 rings (SSSR count). The van der Waals surface area contributed by atoms with Crippen molar-refractivity contribution in [2.24, 2.45) is 0 Å². The average Bonchev–Trinajstić information content (AvgIpc) is 2.31. The summed E-state index contributed by atoms with van der Waals surface area (Å²) in [7, 11) is -0.358. The van der Waals surface area contributed by atoms with Crippen molar-refractivity contribution in [2.75, 3.05) is 26.4 Å². The van der Waals surface area contributed by atoms with Gasteiger partial charge in [-0.3, -0.25) is 4.79 Å². The molecule has 1 N–H and O–H groups in total. The molecule has 0 aliphatic rings. The molecule has 0 saturated heterocycles. The predicted molar refractivity (Wildman–Crippen MR) is 86.7 cm³/mol. The van der Waals surface area contributed by atoms with Gasteiger partial charge in [0.05, 0.1) is 11.3 Å². The first-order valence-corrected chi connectivity index (χ1v) is 8.85. The zero-order valence-corrected chi connectivity index (χ0v) is 15.0. The summed E-state index contributed by atoms with van der Waals surface area (Å²) in [5, 5.41) is 2.60. The summed E-state index contributed by atoms with van der Waals surface area (Å²) < 4.78 is 25.8. The maximum absolute atomic E-state index is 11.9. The van der Waals surface area contributed by atoms with Crippen molar-refractivity contribution >= 4 is 54.5 Å². The van der Waals surface area contributed by atoms with Gasteiger partial charge in [-0.15, -0.1) is 0 Å². The standard InChI is InChI=1S/C11H14BrIN2O3S/c1-15(2)19(17,18)6-5-14-11(16)9-7-8(13)3-4-10(9)12/h3-4,7H,5-6H2,1-2H3,(H,14,16). The lowest BCUT2D eigenvalue weighted by atomic mass is 10.2. The number of rotatable bonds is 5. The second-order valence-electron chi connectivity index (χ2n) is 3.98. The van der Waals surface area contributed by atoms with E-state index in [0.29, 0.717) is 10.0 Å². The van der Waals surface area contributed by atoms with Gasteiger partial charge >= 0.3 is 0 Å². The number of halogens is 2. The summed E-state index contributed by atoms with van der Waals surface area (Å²) in [5.41, 5.74) is 0.495. The molecule has 19 heavy (non-hydrogen) atoms. The smallest absolute Gasteiger partial charge is 0.252 e. The molecule has 8 heteroatoms. The van der Waals surface area contributed by atoms with Crippen LogP contribution in [0.1, 0.15) is 10.4 Å². The van der Waals surface area contributed by atoms with E-state index >= 15 is 0 Å². The van der Waals surface area contributed by atoms with Crippen LogP contribution in [-0.4, -0.2) is 45.0 Å². The molecule has 0 bridgehead atoms. The minimum atomic E-state index is -3.29. The summed E-state index contributed by atoms with van der Waals surface area (Å²) in [4.78, 5) is 11.9. The Morgan fingerprint density at radius 2 is 2.05 bits per heavy atom. The first-order valence-electron chi connectivity index (χ1n) is 5.37. The number of nitrogens with zero attached hydrogens (tertiary/aromatic N) is 1. The van der Waals surface area contributed by atoms with E-state index in [1.54, 1.807) is 12.1 Å². The monoisotopic (exact) mass is 460 g/mol. The second kappa shape index (κ2) is 7.00. The summed E-state index contributed by atoms with van der Waals surface area (Å²) in [5.74, 6) is -0.410. The van der Waals surface area contributed by atoms with E-state index in [2.05, 4.69) is 43.8 Å². The predicted octanol–water partition coefficient (Wildman–Crippen LogP) is 1.67. The van der Waals surface area contributed by atoms with Gasteiger partial charge in [0.25, 0.3) is 5.91 Å². The van der Waals surface area contributed by atoms with Crippen LogP contribution in [0.25, 0.3) is 0 Å². The molecule has 0 spiro atoms. The van der Waals surface area contributed by atoms with Crippen LogP contribution in [0.15, 0.2) is 22.7 Å². The Balaban J connectivity index is 2.64. The Morgan fingerprint density at radius 3 is 2.63 bits per heavy atom. The summed E-state index contributed by atoms with van der Waals surface area (Å²) >= 11 is 5.41. The van der Waals surface area contributed by atoms with Crippen LogP contribution >= 0.6 is 38.5 Å². The normalized spacial score (nSPS) is 11.6. The van der Waals surface area contributed by atoms with Gasteiger partial charge in [-0.05, 0) is 56.7 Å². The van der Waals surface area contributed by atoms with Crippen molar-refractivity contribution in [1.82, 2.24) is 9.62 Å². The van der Waals surface area contributed by atoms with E-state index in [1.807, 2.05) is 6.07 Å². The van der Waals surface area contributed by atoms with Crippen molar-refractivity contribution in [2.45, 2.75) is 0 Å². The molecule has 1 aromatic carbocycles. The lowest BCUT2D eigenvalue weighted by Crippen LogP contribution is -2.34. The third-order valence-corrected chi connectivity index (χ3v) is 5.57. The van der Waals surface area contributed by atoms with Crippen molar-refractivity contribution in [3.05, 3.63) is 31.8 Å². The molecule has 0 aromatic heterocycles. The Bertz CT molecular complexity index is 575. The number of hydrogen-bond acceptors (Lipinski definition) is 3. The van der Waals surface area contributed by atoms with E-state index in [4.69, 9.17) is 0 Å². The number of hydrogen-bond donors (Lipinski definition) is 1. The fraction of sp³-hybridized carbons (Fsp3) is 0.364. The highest BCUT2D eigenvalue weighted by molar-refractivity contribution is 14.1. The highest BCUT2D eigenvalue weighted by Gasteiger charge is 2.15. The van der Waals surface area contributed by atoms with Gasteiger partial charge in [0, 0.05) is 28.7 Å². The van der Waals surface area contributed by atoms with Crippen LogP contribution in [0.3, 0.4) is 0 Å². The SMILES string of the molecule is CN(C)S(=O)(=O)CCNC(=O)c1cc(I)ccc1Br. The molecule has 0 heterocycles. The van der Waals surface area contributed by atoms with Gasteiger partial charge in [0.2, 0.25) is 10.0 Å². The molecule has 0 atom stereocenters. The third kappa shape index (κ3) is 5.01. The third-order valence-electron chi connectivity index (χ3n) is 2.37. The number of carbonyl (C=O) groups is 1. The lowest BCUT2D eigenvalue weighted by molar-refractivity contribution is 0.0955. The molecule has 1 amide bonds. The molecule has 106 valence electrons. The van der Waals surface area contributed by atoms with Crippen molar-refractivity contribution in [3.63, 3.8) is 0 Å². The van der Waals surface area contributed by atoms with Crippen LogP contribution < -0.4 is 5.32 Å². The molecule has 0 radical (unpaired) electrons. The van der Waals surface area contributed by atoms with Gasteiger partial charge in [-0.1, -0.05) is 0 Å². The quantitative estimate of drug-likeness (QED) is 0.680. The Kier molecular flexibility index (Phi) is 6.21. The second-order valence-corrected chi connectivity index (χ2v) is 8.38. The first-order chi connectivity index (χ1) is 8.74. The van der Waals surface area contributed by atoms with Gasteiger partial charge in [0.1, 0.15) is 0 Å². The van der Waals surface area contributed by atoms with E-state index in [0.717, 1.165) is 7.88 Å². The van der Waals surface area contributed by atoms with Crippen LogP contribution in [0.2, 0.25) is 0 Å². The Morgan fingerprint density at radius 1 is 1.42 bits per heavy atom. The van der Waals surface area contributed by atoms with Crippen molar-refractivity contribution in [1.29, 1.82) is 0 Å². The maximum atomic E-state index is 11.9. The van der Waals surface area contributed by atoms with Crippen LogP contribution in [-0.2, 0) is 10.0 Å². The van der Waals surface area contributed by atoms with E-state index in [1.165, 1.54) is 14.1 Å². The summed E-state index contributed by atoms with van der Waals surface area (Å²) in [6.45, 7) is 0.0806. The highest BCUT2D eigenvalue weighted by atomic mass is 127. The molecule has 5 nitrogen and oxygen atoms in total. The van der Waals surface area contributed by atoms with Crippen molar-refractivity contribution in [3.8, 4) is 0 Å². The van der Waals surface area contributed by atoms with Crippen LogP contribution in [0.4, 0.5) is 0 Å². The number of benzene rings is 1. The van der Waals surface area contributed by atoms with E-state index < -0.39 is 10.0 Å². The van der Waals surface area contributed by atoms with Gasteiger partial charge in [-0.25, -0.2) is 12.7 Å². The molecule has 0 fully saturated rings. The van der Waals surface area contributed by atoms with Crippen LogP contribution in [0.5, 0.6) is 0 Å². The summed E-state index contributed by atoms with van der Waals surface area (Å²) in [6, 6.07) is 5.39. The number of amides is 1. The van der Waals surface area contributed by atoms with E-state index in [9.17, 15) is 13.2 Å². The van der Waals surface area contributed by atoms with Crippen LogP contribution in [0, 0.1) is 3.57 Å². The van der Waals surface area contributed by atoms with Gasteiger partial charge < -0.3 is 5.32 Å². The number of sulfonamides is 1. The number of nitrogens with one attached hydrogen (secondary N) is 1. The minimum Gasteiger partial charge on any atom is -0.351 e. The molecular weight excluding hydrogens is 447 g/mol. The fourth-order valence-corrected chi connectivity index (χ4v) is 2.89. The zero-order valence-electron chi connectivity index (χ0n) is 10.5. The highest BCUT2D eigenvalue weighted by Crippen LogP contribution is 2.19. The molecule has 0 unspecified atom stereocenters. The molecule has 1 aromatic rings. The first kappa shape index (κ1) is 16.9. The zero-order chi connectivity index (χ0) is 14.6. The largest absolute Gasteiger partial charge is 0.351 e. The minimum absolute atomic E-state index is 0.0806. The Hall–Kier alpha value is -0.190. The lowest BCUT2D eigenvalue weighted by Gasteiger charge is -2.12.